The standard InChI is InChI=1S/C14H20N2O2S/c1-2-18-14(17)16-12-7-5-11(6-8-12)15-13-4-3-9-19-10-13/h5-8,13,15H,2-4,9-10H2,1H3,(H,16,17). The van der Waals surface area contributed by atoms with Gasteiger partial charge in [0.2, 0.25) is 0 Å². The minimum atomic E-state index is -0.410. The van der Waals surface area contributed by atoms with Gasteiger partial charge in [0.05, 0.1) is 6.61 Å². The molecule has 19 heavy (non-hydrogen) atoms. The van der Waals surface area contributed by atoms with Gasteiger partial charge in [0.25, 0.3) is 0 Å². The maximum Gasteiger partial charge on any atom is 0.411 e. The van der Waals surface area contributed by atoms with E-state index in [0.717, 1.165) is 11.4 Å². The third-order valence-electron chi connectivity index (χ3n) is 2.94. The molecule has 2 N–H and O–H groups in total. The molecule has 0 bridgehead atoms. The Labute approximate surface area is 118 Å². The van der Waals surface area contributed by atoms with Crippen LogP contribution in [0.5, 0.6) is 0 Å². The van der Waals surface area contributed by atoms with E-state index in [-0.39, 0.29) is 0 Å². The molecule has 5 heteroatoms. The molecule has 1 saturated heterocycles. The monoisotopic (exact) mass is 280 g/mol. The summed E-state index contributed by atoms with van der Waals surface area (Å²) in [4.78, 5) is 11.3. The van der Waals surface area contributed by atoms with E-state index in [0.29, 0.717) is 12.6 Å². The van der Waals surface area contributed by atoms with E-state index in [1.54, 1.807) is 6.92 Å². The van der Waals surface area contributed by atoms with E-state index in [9.17, 15) is 4.79 Å². The van der Waals surface area contributed by atoms with Gasteiger partial charge in [0.1, 0.15) is 0 Å². The molecular formula is C14H20N2O2S. The van der Waals surface area contributed by atoms with Gasteiger partial charge >= 0.3 is 6.09 Å². The number of carbonyl (C=O) groups excluding carboxylic acids is 1. The first kappa shape index (κ1) is 14.1. The highest BCUT2D eigenvalue weighted by atomic mass is 32.2. The molecule has 1 aliphatic heterocycles. The van der Waals surface area contributed by atoms with E-state index < -0.39 is 6.09 Å². The lowest BCUT2D eigenvalue weighted by Gasteiger charge is -2.23. The molecule has 1 amide bonds. The number of benzene rings is 1. The first-order valence-electron chi connectivity index (χ1n) is 6.66. The third-order valence-corrected chi connectivity index (χ3v) is 4.15. The normalized spacial score (nSPS) is 18.7. The molecule has 0 aromatic heterocycles. The molecule has 1 unspecified atom stereocenters. The van der Waals surface area contributed by atoms with Crippen molar-refractivity contribution in [3.05, 3.63) is 24.3 Å². The van der Waals surface area contributed by atoms with Gasteiger partial charge < -0.3 is 10.1 Å². The van der Waals surface area contributed by atoms with Crippen LogP contribution >= 0.6 is 11.8 Å². The van der Waals surface area contributed by atoms with E-state index in [1.165, 1.54) is 24.3 Å². The van der Waals surface area contributed by atoms with Crippen molar-refractivity contribution in [3.8, 4) is 0 Å². The van der Waals surface area contributed by atoms with Crippen LogP contribution in [-0.2, 0) is 4.74 Å². The van der Waals surface area contributed by atoms with Gasteiger partial charge in [0.15, 0.2) is 0 Å². The average molecular weight is 280 g/mol. The Balaban J connectivity index is 1.85. The summed E-state index contributed by atoms with van der Waals surface area (Å²) in [5.74, 6) is 2.45. The summed E-state index contributed by atoms with van der Waals surface area (Å²) in [6, 6.07) is 8.30. The average Bonchev–Trinajstić information content (AvgIpc) is 2.42. The lowest BCUT2D eigenvalue weighted by Crippen LogP contribution is -2.25. The predicted octanol–water partition coefficient (Wildman–Crippen LogP) is 3.56. The molecule has 1 aromatic carbocycles. The number of ether oxygens (including phenoxy) is 1. The van der Waals surface area contributed by atoms with Gasteiger partial charge in [-0.05, 0) is 49.8 Å². The molecule has 0 spiro atoms. The number of thioether (sulfide) groups is 1. The molecule has 0 saturated carbocycles. The van der Waals surface area contributed by atoms with Crippen molar-refractivity contribution in [1.29, 1.82) is 0 Å². The van der Waals surface area contributed by atoms with Gasteiger partial charge in [-0.2, -0.15) is 11.8 Å². The number of anilines is 2. The van der Waals surface area contributed by atoms with Crippen molar-refractivity contribution in [2.24, 2.45) is 0 Å². The zero-order valence-corrected chi connectivity index (χ0v) is 12.0. The second-order valence-corrected chi connectivity index (χ2v) is 5.63. The number of nitrogens with one attached hydrogen (secondary N) is 2. The highest BCUT2D eigenvalue weighted by Gasteiger charge is 2.13. The minimum Gasteiger partial charge on any atom is -0.450 e. The molecule has 1 aliphatic rings. The summed E-state index contributed by atoms with van der Waals surface area (Å²) in [6.45, 7) is 2.17. The summed E-state index contributed by atoms with van der Waals surface area (Å²) in [6.07, 6.45) is 2.10. The number of rotatable bonds is 4. The highest BCUT2D eigenvalue weighted by molar-refractivity contribution is 7.99. The van der Waals surface area contributed by atoms with Crippen molar-refractivity contribution in [2.45, 2.75) is 25.8 Å². The highest BCUT2D eigenvalue weighted by Crippen LogP contribution is 2.21. The minimum absolute atomic E-state index is 0.380. The summed E-state index contributed by atoms with van der Waals surface area (Å²) in [5.41, 5.74) is 1.85. The fourth-order valence-electron chi connectivity index (χ4n) is 2.03. The van der Waals surface area contributed by atoms with E-state index >= 15 is 0 Å². The number of hydrogen-bond acceptors (Lipinski definition) is 4. The Morgan fingerprint density at radius 3 is 2.74 bits per heavy atom. The van der Waals surface area contributed by atoms with Crippen LogP contribution < -0.4 is 10.6 Å². The van der Waals surface area contributed by atoms with Gasteiger partial charge in [-0.3, -0.25) is 5.32 Å². The van der Waals surface area contributed by atoms with E-state index in [2.05, 4.69) is 10.6 Å². The van der Waals surface area contributed by atoms with Crippen LogP contribution in [0.3, 0.4) is 0 Å². The topological polar surface area (TPSA) is 50.4 Å². The molecular weight excluding hydrogens is 260 g/mol. The van der Waals surface area contributed by atoms with Crippen LogP contribution in [-0.4, -0.2) is 30.2 Å². The fourth-order valence-corrected chi connectivity index (χ4v) is 3.10. The van der Waals surface area contributed by atoms with Crippen molar-refractivity contribution in [2.75, 3.05) is 28.7 Å². The quantitative estimate of drug-likeness (QED) is 0.885. The Kier molecular flexibility index (Phi) is 5.39. The number of amides is 1. The Morgan fingerprint density at radius 1 is 1.37 bits per heavy atom. The predicted molar refractivity (Wildman–Crippen MR) is 81.1 cm³/mol. The fraction of sp³-hybridized carbons (Fsp3) is 0.500. The first-order chi connectivity index (χ1) is 9.28. The third kappa shape index (κ3) is 4.67. The maximum atomic E-state index is 11.3. The van der Waals surface area contributed by atoms with Crippen molar-refractivity contribution in [1.82, 2.24) is 0 Å². The molecule has 104 valence electrons. The number of carbonyl (C=O) groups is 1. The zero-order chi connectivity index (χ0) is 13.5. The van der Waals surface area contributed by atoms with Crippen LogP contribution in [0, 0.1) is 0 Å². The lowest BCUT2D eigenvalue weighted by molar-refractivity contribution is 0.168. The van der Waals surface area contributed by atoms with Gasteiger partial charge in [0, 0.05) is 23.2 Å². The van der Waals surface area contributed by atoms with Crippen molar-refractivity contribution < 1.29 is 9.53 Å². The van der Waals surface area contributed by atoms with Crippen LogP contribution in [0.1, 0.15) is 19.8 Å². The molecule has 2 rings (SSSR count). The first-order valence-corrected chi connectivity index (χ1v) is 7.81. The maximum absolute atomic E-state index is 11.3. The zero-order valence-electron chi connectivity index (χ0n) is 11.1. The van der Waals surface area contributed by atoms with Crippen molar-refractivity contribution in [3.63, 3.8) is 0 Å². The van der Waals surface area contributed by atoms with Crippen LogP contribution in [0.15, 0.2) is 24.3 Å². The Morgan fingerprint density at radius 2 is 2.11 bits per heavy atom. The molecule has 4 nitrogen and oxygen atoms in total. The second-order valence-electron chi connectivity index (χ2n) is 4.48. The Bertz CT molecular complexity index is 402. The van der Waals surface area contributed by atoms with Crippen LogP contribution in [0.25, 0.3) is 0 Å². The molecule has 0 radical (unpaired) electrons. The Hall–Kier alpha value is -1.36. The molecule has 0 aliphatic carbocycles. The van der Waals surface area contributed by atoms with E-state index in [1.807, 2.05) is 36.0 Å². The van der Waals surface area contributed by atoms with Gasteiger partial charge in [-0.1, -0.05) is 0 Å². The summed E-state index contributed by atoms with van der Waals surface area (Å²) in [7, 11) is 0. The smallest absolute Gasteiger partial charge is 0.411 e. The molecule has 1 aromatic rings. The van der Waals surface area contributed by atoms with Gasteiger partial charge in [-0.15, -0.1) is 0 Å². The molecule has 1 fully saturated rings. The van der Waals surface area contributed by atoms with E-state index in [4.69, 9.17) is 4.74 Å². The largest absolute Gasteiger partial charge is 0.450 e. The summed E-state index contributed by atoms with van der Waals surface area (Å²) >= 11 is 2.00. The number of hydrogen-bond donors (Lipinski definition) is 2. The molecule has 1 atom stereocenters. The lowest BCUT2D eigenvalue weighted by atomic mass is 10.1. The summed E-state index contributed by atoms with van der Waals surface area (Å²) < 4.78 is 4.83. The molecule has 1 heterocycles. The second kappa shape index (κ2) is 7.28. The van der Waals surface area contributed by atoms with Gasteiger partial charge in [-0.25, -0.2) is 4.79 Å². The van der Waals surface area contributed by atoms with Crippen LogP contribution in [0.2, 0.25) is 0 Å². The SMILES string of the molecule is CCOC(=O)Nc1ccc(NC2CCCSC2)cc1. The van der Waals surface area contributed by atoms with Crippen LogP contribution in [0.4, 0.5) is 16.2 Å². The van der Waals surface area contributed by atoms with Crippen molar-refractivity contribution >= 4 is 29.2 Å². The summed E-state index contributed by atoms with van der Waals surface area (Å²) in [5, 5.41) is 6.20.